The van der Waals surface area contributed by atoms with Gasteiger partial charge in [-0.3, -0.25) is 9.89 Å². The third-order valence-corrected chi connectivity index (χ3v) is 3.55. The summed E-state index contributed by atoms with van der Waals surface area (Å²) in [6.45, 7) is 0.596. The van der Waals surface area contributed by atoms with Crippen LogP contribution in [0.1, 0.15) is 12.8 Å². The van der Waals surface area contributed by atoms with E-state index in [4.69, 9.17) is 5.73 Å². The number of hydrogen-bond donors (Lipinski definition) is 2. The van der Waals surface area contributed by atoms with Crippen LogP contribution in [0, 0.1) is 5.92 Å². The van der Waals surface area contributed by atoms with Gasteiger partial charge in [0.2, 0.25) is 0 Å². The zero-order valence-electron chi connectivity index (χ0n) is 12.6. The molecule has 5 nitrogen and oxygen atoms in total. The van der Waals surface area contributed by atoms with Crippen LogP contribution in [0.25, 0.3) is 0 Å². The highest BCUT2D eigenvalue weighted by molar-refractivity contribution is 14.0. The molecule has 9 heteroatoms. The number of pyridine rings is 1. The van der Waals surface area contributed by atoms with Gasteiger partial charge in [-0.05, 0) is 44.0 Å². The molecule has 130 valence electrons. The molecule has 23 heavy (non-hydrogen) atoms. The van der Waals surface area contributed by atoms with Crippen molar-refractivity contribution in [3.05, 3.63) is 24.4 Å². The van der Waals surface area contributed by atoms with Crippen LogP contribution in [0.5, 0.6) is 0 Å². The molecule has 0 bridgehead atoms. The summed E-state index contributed by atoms with van der Waals surface area (Å²) in [4.78, 5) is 9.76. The summed E-state index contributed by atoms with van der Waals surface area (Å²) >= 11 is 0. The average Bonchev–Trinajstić information content (AvgIpc) is 2.46. The lowest BCUT2D eigenvalue weighted by molar-refractivity contribution is -0.148. The van der Waals surface area contributed by atoms with Crippen molar-refractivity contribution < 1.29 is 13.2 Å². The van der Waals surface area contributed by atoms with E-state index < -0.39 is 12.7 Å². The number of hydrogen-bond acceptors (Lipinski definition) is 3. The second-order valence-electron chi connectivity index (χ2n) is 5.40. The molecule has 1 fully saturated rings. The summed E-state index contributed by atoms with van der Waals surface area (Å²) in [5.74, 6) is 1.16. The topological polar surface area (TPSA) is 66.5 Å². The first-order chi connectivity index (χ1) is 10.4. The molecule has 0 amide bonds. The third-order valence-electron chi connectivity index (χ3n) is 3.55. The molecule has 1 aliphatic heterocycles. The van der Waals surface area contributed by atoms with E-state index in [0.717, 1.165) is 0 Å². The van der Waals surface area contributed by atoms with Gasteiger partial charge in [-0.15, -0.1) is 24.0 Å². The fourth-order valence-electron chi connectivity index (χ4n) is 2.42. The lowest BCUT2D eigenvalue weighted by atomic mass is 9.97. The fraction of sp³-hybridized carbons (Fsp3) is 0.571. The Kier molecular flexibility index (Phi) is 8.03. The molecule has 1 aliphatic rings. The minimum absolute atomic E-state index is 0. The van der Waals surface area contributed by atoms with Gasteiger partial charge in [0, 0.05) is 12.7 Å². The fourth-order valence-corrected chi connectivity index (χ4v) is 2.42. The SMILES string of the molecule is I.NC(=NCC1CCN(CC(F)(F)F)CC1)Nc1ccccn1. The Morgan fingerprint density at radius 3 is 2.61 bits per heavy atom. The summed E-state index contributed by atoms with van der Waals surface area (Å²) in [5.41, 5.74) is 5.77. The second kappa shape index (κ2) is 9.26. The molecule has 0 aliphatic carbocycles. The predicted octanol–water partition coefficient (Wildman–Crippen LogP) is 2.70. The molecule has 3 N–H and O–H groups in total. The molecule has 0 atom stereocenters. The number of guanidine groups is 1. The monoisotopic (exact) mass is 443 g/mol. The average molecular weight is 443 g/mol. The molecule has 0 spiro atoms. The van der Waals surface area contributed by atoms with Crippen LogP contribution in [-0.4, -0.2) is 48.2 Å². The summed E-state index contributed by atoms with van der Waals surface area (Å²) in [5, 5.41) is 2.88. The predicted molar refractivity (Wildman–Crippen MR) is 95.0 cm³/mol. The van der Waals surface area contributed by atoms with E-state index in [2.05, 4.69) is 15.3 Å². The Labute approximate surface area is 150 Å². The maximum atomic E-state index is 12.3. The van der Waals surface area contributed by atoms with Crippen molar-refractivity contribution in [2.24, 2.45) is 16.6 Å². The first kappa shape index (κ1) is 19.9. The highest BCUT2D eigenvalue weighted by atomic mass is 127. The minimum atomic E-state index is -4.12. The normalized spacial score (nSPS) is 17.6. The number of nitrogens with two attached hydrogens (primary N) is 1. The van der Waals surface area contributed by atoms with Crippen LogP contribution in [-0.2, 0) is 0 Å². The van der Waals surface area contributed by atoms with Gasteiger partial charge in [0.25, 0.3) is 0 Å². The maximum Gasteiger partial charge on any atom is 0.401 e. The van der Waals surface area contributed by atoms with Gasteiger partial charge in [-0.25, -0.2) is 4.98 Å². The van der Waals surface area contributed by atoms with Crippen LogP contribution < -0.4 is 11.1 Å². The Morgan fingerprint density at radius 1 is 1.35 bits per heavy atom. The second-order valence-corrected chi connectivity index (χ2v) is 5.40. The van der Waals surface area contributed by atoms with E-state index >= 15 is 0 Å². The first-order valence-electron chi connectivity index (χ1n) is 7.19. The number of piperidine rings is 1. The smallest absolute Gasteiger partial charge is 0.370 e. The van der Waals surface area contributed by atoms with Gasteiger partial charge < -0.3 is 11.1 Å². The van der Waals surface area contributed by atoms with Crippen LogP contribution in [0.3, 0.4) is 0 Å². The van der Waals surface area contributed by atoms with Crippen LogP contribution >= 0.6 is 24.0 Å². The zero-order valence-corrected chi connectivity index (χ0v) is 14.9. The van der Waals surface area contributed by atoms with Crippen molar-refractivity contribution in [3.8, 4) is 0 Å². The summed E-state index contributed by atoms with van der Waals surface area (Å²) in [7, 11) is 0. The number of nitrogens with zero attached hydrogens (tertiary/aromatic N) is 3. The summed E-state index contributed by atoms with van der Waals surface area (Å²) in [6, 6.07) is 5.41. The Morgan fingerprint density at radius 2 is 2.04 bits per heavy atom. The van der Waals surface area contributed by atoms with Crippen molar-refractivity contribution in [2.45, 2.75) is 19.0 Å². The van der Waals surface area contributed by atoms with Crippen LogP contribution in [0.15, 0.2) is 29.4 Å². The molecule has 1 saturated heterocycles. The van der Waals surface area contributed by atoms with Gasteiger partial charge in [-0.1, -0.05) is 6.07 Å². The van der Waals surface area contributed by atoms with Gasteiger partial charge in [0.15, 0.2) is 5.96 Å². The Hall–Kier alpha value is -1.10. The molecule has 0 radical (unpaired) electrons. The van der Waals surface area contributed by atoms with Gasteiger partial charge >= 0.3 is 6.18 Å². The van der Waals surface area contributed by atoms with Gasteiger partial charge in [0.1, 0.15) is 5.82 Å². The first-order valence-corrected chi connectivity index (χ1v) is 7.19. The molecular formula is C14H21F3IN5. The van der Waals surface area contributed by atoms with Crippen molar-refractivity contribution in [1.82, 2.24) is 9.88 Å². The minimum Gasteiger partial charge on any atom is -0.370 e. The Balaban J connectivity index is 0.00000264. The third kappa shape index (κ3) is 7.82. The molecule has 1 aromatic rings. The Bertz CT molecular complexity index is 487. The van der Waals surface area contributed by atoms with E-state index in [1.165, 1.54) is 4.90 Å². The van der Waals surface area contributed by atoms with Gasteiger partial charge in [0.05, 0.1) is 6.54 Å². The maximum absolute atomic E-state index is 12.3. The number of aliphatic imine (C=N–C) groups is 1. The lowest BCUT2D eigenvalue weighted by Gasteiger charge is -2.31. The highest BCUT2D eigenvalue weighted by Gasteiger charge is 2.32. The zero-order chi connectivity index (χ0) is 16.0. The number of likely N-dealkylation sites (tertiary alicyclic amines) is 1. The number of aromatic nitrogens is 1. The lowest BCUT2D eigenvalue weighted by Crippen LogP contribution is -2.40. The van der Waals surface area contributed by atoms with Crippen LogP contribution in [0.4, 0.5) is 19.0 Å². The van der Waals surface area contributed by atoms with E-state index in [9.17, 15) is 13.2 Å². The molecule has 2 rings (SSSR count). The number of halogens is 4. The molecule has 1 aromatic heterocycles. The van der Waals surface area contributed by atoms with E-state index in [1.54, 1.807) is 18.3 Å². The quantitative estimate of drug-likeness (QED) is 0.427. The number of anilines is 1. The van der Waals surface area contributed by atoms with Crippen molar-refractivity contribution >= 4 is 35.8 Å². The summed E-state index contributed by atoms with van der Waals surface area (Å²) in [6.07, 6.45) is -1.07. The number of rotatable bonds is 4. The molecule has 0 unspecified atom stereocenters. The van der Waals surface area contributed by atoms with E-state index in [-0.39, 0.29) is 35.9 Å². The highest BCUT2D eigenvalue weighted by Crippen LogP contribution is 2.22. The van der Waals surface area contributed by atoms with E-state index in [0.29, 0.717) is 38.3 Å². The van der Waals surface area contributed by atoms with E-state index in [1.807, 2.05) is 6.07 Å². The largest absolute Gasteiger partial charge is 0.401 e. The molecule has 2 heterocycles. The van der Waals surface area contributed by atoms with Crippen molar-refractivity contribution in [3.63, 3.8) is 0 Å². The van der Waals surface area contributed by atoms with Crippen molar-refractivity contribution in [1.29, 1.82) is 0 Å². The van der Waals surface area contributed by atoms with Gasteiger partial charge in [-0.2, -0.15) is 13.2 Å². The molecule has 0 aromatic carbocycles. The summed E-state index contributed by atoms with van der Waals surface area (Å²) < 4.78 is 36.9. The van der Waals surface area contributed by atoms with Crippen molar-refractivity contribution in [2.75, 3.05) is 31.5 Å². The molecular weight excluding hydrogens is 422 g/mol. The molecule has 0 saturated carbocycles. The number of alkyl halides is 3. The van der Waals surface area contributed by atoms with Crippen LogP contribution in [0.2, 0.25) is 0 Å². The number of nitrogens with one attached hydrogen (secondary N) is 1. The standard InChI is InChI=1S/C14H20F3N5.HI/c15-14(16,17)10-22-7-4-11(5-8-22)9-20-13(18)21-12-3-1-2-6-19-12;/h1-3,6,11H,4-5,7-10H2,(H3,18,19,20,21);1H.